The van der Waals surface area contributed by atoms with Crippen LogP contribution in [0.2, 0.25) is 0 Å². The number of nitrogens with zero attached hydrogens (tertiary/aromatic N) is 4. The standard InChI is InChI=1S/C21H29N5O2/c1-16(2)8-10-22-20(27)19-9-11-23-21(24-19)26-14-12-25(13-15-26)17-4-6-18(28-3)7-5-17/h4-7,9,11,16H,8,10,12-15H2,1-3H3,(H,22,27). The molecule has 150 valence electrons. The van der Waals surface area contributed by atoms with E-state index in [1.807, 2.05) is 12.1 Å². The third kappa shape index (κ3) is 5.12. The number of carbonyl (C=O) groups excluding carboxylic acids is 1. The molecule has 2 aromatic rings. The molecule has 0 aliphatic carbocycles. The number of rotatable bonds is 7. The molecule has 1 N–H and O–H groups in total. The van der Waals surface area contributed by atoms with Gasteiger partial charge in [-0.05, 0) is 42.7 Å². The molecular weight excluding hydrogens is 354 g/mol. The number of amides is 1. The van der Waals surface area contributed by atoms with Crippen LogP contribution in [0.15, 0.2) is 36.5 Å². The summed E-state index contributed by atoms with van der Waals surface area (Å²) >= 11 is 0. The summed E-state index contributed by atoms with van der Waals surface area (Å²) in [6.45, 7) is 8.31. The first-order chi connectivity index (χ1) is 13.6. The Morgan fingerprint density at radius 3 is 2.43 bits per heavy atom. The maximum absolute atomic E-state index is 12.3. The van der Waals surface area contributed by atoms with Gasteiger partial charge in [0.15, 0.2) is 0 Å². The summed E-state index contributed by atoms with van der Waals surface area (Å²) in [5, 5.41) is 2.93. The van der Waals surface area contributed by atoms with E-state index in [1.54, 1.807) is 19.4 Å². The smallest absolute Gasteiger partial charge is 0.270 e. The van der Waals surface area contributed by atoms with Gasteiger partial charge in [0, 0.05) is 44.6 Å². The summed E-state index contributed by atoms with van der Waals surface area (Å²) in [4.78, 5) is 25.6. The topological polar surface area (TPSA) is 70.6 Å². The average Bonchev–Trinajstić information content (AvgIpc) is 2.74. The Labute approximate surface area is 166 Å². The van der Waals surface area contributed by atoms with Crippen molar-refractivity contribution in [1.82, 2.24) is 15.3 Å². The highest BCUT2D eigenvalue weighted by Crippen LogP contribution is 2.21. The Morgan fingerprint density at radius 1 is 1.11 bits per heavy atom. The van der Waals surface area contributed by atoms with E-state index in [2.05, 4.69) is 51.1 Å². The summed E-state index contributed by atoms with van der Waals surface area (Å²) in [6, 6.07) is 9.78. The molecule has 0 spiro atoms. The van der Waals surface area contributed by atoms with Crippen LogP contribution < -0.4 is 19.9 Å². The SMILES string of the molecule is COc1ccc(N2CCN(c3nccc(C(=O)NCCC(C)C)n3)CC2)cc1. The molecule has 7 heteroatoms. The first-order valence-corrected chi connectivity index (χ1v) is 9.82. The number of anilines is 2. The van der Waals surface area contributed by atoms with E-state index in [4.69, 9.17) is 4.74 Å². The number of benzene rings is 1. The van der Waals surface area contributed by atoms with Crippen LogP contribution in [-0.4, -0.2) is 55.7 Å². The molecule has 1 saturated heterocycles. The van der Waals surface area contributed by atoms with E-state index in [-0.39, 0.29) is 5.91 Å². The molecule has 1 aromatic carbocycles. The van der Waals surface area contributed by atoms with Gasteiger partial charge in [0.1, 0.15) is 11.4 Å². The summed E-state index contributed by atoms with van der Waals surface area (Å²) in [5.41, 5.74) is 1.60. The fraction of sp³-hybridized carbons (Fsp3) is 0.476. The van der Waals surface area contributed by atoms with Crippen LogP contribution in [0.3, 0.4) is 0 Å². The monoisotopic (exact) mass is 383 g/mol. The molecule has 28 heavy (non-hydrogen) atoms. The Bertz CT molecular complexity index is 771. The van der Waals surface area contributed by atoms with Gasteiger partial charge >= 0.3 is 0 Å². The first kappa shape index (κ1) is 19.9. The van der Waals surface area contributed by atoms with E-state index in [0.717, 1.165) is 38.3 Å². The lowest BCUT2D eigenvalue weighted by Crippen LogP contribution is -2.47. The third-order valence-electron chi connectivity index (χ3n) is 4.88. The van der Waals surface area contributed by atoms with Crippen LogP contribution in [0.25, 0.3) is 0 Å². The van der Waals surface area contributed by atoms with Crippen LogP contribution in [0, 0.1) is 5.92 Å². The van der Waals surface area contributed by atoms with Gasteiger partial charge in [0.25, 0.3) is 5.91 Å². The van der Waals surface area contributed by atoms with Crippen LogP contribution in [0.5, 0.6) is 5.75 Å². The fourth-order valence-electron chi connectivity index (χ4n) is 3.15. The largest absolute Gasteiger partial charge is 0.497 e. The minimum atomic E-state index is -0.138. The van der Waals surface area contributed by atoms with Gasteiger partial charge in [0.2, 0.25) is 5.95 Å². The number of methoxy groups -OCH3 is 1. The second-order valence-electron chi connectivity index (χ2n) is 7.35. The molecule has 2 heterocycles. The average molecular weight is 383 g/mol. The van der Waals surface area contributed by atoms with Gasteiger partial charge in [-0.15, -0.1) is 0 Å². The summed E-state index contributed by atoms with van der Waals surface area (Å²) < 4.78 is 5.22. The normalized spacial score (nSPS) is 14.3. The van der Waals surface area contributed by atoms with Gasteiger partial charge in [-0.3, -0.25) is 4.79 Å². The fourth-order valence-corrected chi connectivity index (χ4v) is 3.15. The van der Waals surface area contributed by atoms with Crippen LogP contribution in [0.1, 0.15) is 30.8 Å². The van der Waals surface area contributed by atoms with Crippen molar-refractivity contribution in [3.8, 4) is 5.75 Å². The Morgan fingerprint density at radius 2 is 1.79 bits per heavy atom. The van der Waals surface area contributed by atoms with Gasteiger partial charge < -0.3 is 19.9 Å². The number of aromatic nitrogens is 2. The van der Waals surface area contributed by atoms with Gasteiger partial charge in [-0.2, -0.15) is 0 Å². The van der Waals surface area contributed by atoms with E-state index < -0.39 is 0 Å². The van der Waals surface area contributed by atoms with Crippen molar-refractivity contribution >= 4 is 17.5 Å². The van der Waals surface area contributed by atoms with Crippen molar-refractivity contribution in [2.75, 3.05) is 49.6 Å². The number of hydrogen-bond acceptors (Lipinski definition) is 6. The van der Waals surface area contributed by atoms with Gasteiger partial charge in [-0.1, -0.05) is 13.8 Å². The second kappa shape index (κ2) is 9.39. The molecule has 1 aliphatic heterocycles. The zero-order chi connectivity index (χ0) is 19.9. The minimum absolute atomic E-state index is 0.138. The third-order valence-corrected chi connectivity index (χ3v) is 4.88. The van der Waals surface area contributed by atoms with Crippen molar-refractivity contribution < 1.29 is 9.53 Å². The zero-order valence-corrected chi connectivity index (χ0v) is 16.9. The molecule has 1 fully saturated rings. The summed E-state index contributed by atoms with van der Waals surface area (Å²) in [5.74, 6) is 1.90. The molecule has 3 rings (SSSR count). The lowest BCUT2D eigenvalue weighted by Gasteiger charge is -2.36. The molecule has 1 aromatic heterocycles. The number of carbonyl (C=O) groups is 1. The predicted octanol–water partition coefficient (Wildman–Crippen LogP) is 2.59. The molecule has 0 saturated carbocycles. The molecule has 0 bridgehead atoms. The van der Waals surface area contributed by atoms with Crippen molar-refractivity contribution in [3.05, 3.63) is 42.2 Å². The van der Waals surface area contributed by atoms with E-state index >= 15 is 0 Å². The zero-order valence-electron chi connectivity index (χ0n) is 16.9. The number of piperazine rings is 1. The molecule has 7 nitrogen and oxygen atoms in total. The first-order valence-electron chi connectivity index (χ1n) is 9.82. The Balaban J connectivity index is 1.57. The molecule has 0 unspecified atom stereocenters. The maximum Gasteiger partial charge on any atom is 0.270 e. The van der Waals surface area contributed by atoms with E-state index in [1.165, 1.54) is 5.69 Å². The van der Waals surface area contributed by atoms with Crippen molar-refractivity contribution in [1.29, 1.82) is 0 Å². The van der Waals surface area contributed by atoms with Crippen LogP contribution in [-0.2, 0) is 0 Å². The lowest BCUT2D eigenvalue weighted by molar-refractivity contribution is 0.0947. The highest BCUT2D eigenvalue weighted by atomic mass is 16.5. The number of hydrogen-bond donors (Lipinski definition) is 1. The van der Waals surface area contributed by atoms with Crippen LogP contribution >= 0.6 is 0 Å². The molecule has 1 amide bonds. The van der Waals surface area contributed by atoms with Crippen LogP contribution in [0.4, 0.5) is 11.6 Å². The quantitative estimate of drug-likeness (QED) is 0.792. The summed E-state index contributed by atoms with van der Waals surface area (Å²) in [6.07, 6.45) is 2.62. The highest BCUT2D eigenvalue weighted by Gasteiger charge is 2.20. The van der Waals surface area contributed by atoms with Gasteiger partial charge in [-0.25, -0.2) is 9.97 Å². The summed E-state index contributed by atoms with van der Waals surface area (Å²) in [7, 11) is 1.67. The highest BCUT2D eigenvalue weighted by molar-refractivity contribution is 5.92. The molecule has 0 radical (unpaired) electrons. The van der Waals surface area contributed by atoms with Crippen molar-refractivity contribution in [2.24, 2.45) is 5.92 Å². The number of nitrogens with one attached hydrogen (secondary N) is 1. The predicted molar refractivity (Wildman–Crippen MR) is 111 cm³/mol. The van der Waals surface area contributed by atoms with E-state index in [0.29, 0.717) is 24.1 Å². The molecule has 0 atom stereocenters. The second-order valence-corrected chi connectivity index (χ2v) is 7.35. The van der Waals surface area contributed by atoms with Crippen molar-refractivity contribution in [3.63, 3.8) is 0 Å². The molecule has 1 aliphatic rings. The van der Waals surface area contributed by atoms with Gasteiger partial charge in [0.05, 0.1) is 7.11 Å². The van der Waals surface area contributed by atoms with Crippen molar-refractivity contribution in [2.45, 2.75) is 20.3 Å². The molecular formula is C21H29N5O2. The Kier molecular flexibility index (Phi) is 6.68. The minimum Gasteiger partial charge on any atom is -0.497 e. The maximum atomic E-state index is 12.3. The Hall–Kier alpha value is -2.83. The lowest BCUT2D eigenvalue weighted by atomic mass is 10.1. The van der Waals surface area contributed by atoms with E-state index in [9.17, 15) is 4.79 Å². The number of ether oxygens (including phenoxy) is 1.